The monoisotopic (exact) mass is 264 g/mol. The van der Waals surface area contributed by atoms with Gasteiger partial charge in [-0.1, -0.05) is 23.7 Å². The van der Waals surface area contributed by atoms with Gasteiger partial charge in [-0.25, -0.2) is 10.2 Å². The maximum atomic E-state index is 12.7. The van der Waals surface area contributed by atoms with E-state index in [1.54, 1.807) is 29.3 Å². The summed E-state index contributed by atoms with van der Waals surface area (Å²) in [6.07, 6.45) is 0.763. The van der Waals surface area contributed by atoms with E-state index in [1.807, 2.05) is 12.1 Å². The van der Waals surface area contributed by atoms with Crippen LogP contribution in [0.3, 0.4) is 0 Å². The Bertz CT molecular complexity index is 496. The molecule has 0 unspecified atom stereocenters. The minimum Gasteiger partial charge on any atom is -0.311 e. The predicted molar refractivity (Wildman–Crippen MR) is 73.1 cm³/mol. The second kappa shape index (κ2) is 5.85. The fraction of sp³-hybridized carbons (Fsp3) is 0.143. The summed E-state index contributed by atoms with van der Waals surface area (Å²) >= 11 is 5.81. The third-order valence-electron chi connectivity index (χ3n) is 2.71. The Morgan fingerprint density at radius 2 is 1.61 bits per heavy atom. The van der Waals surface area contributed by atoms with E-state index in [9.17, 15) is 4.39 Å². The molecule has 0 bridgehead atoms. The van der Waals surface area contributed by atoms with E-state index >= 15 is 0 Å². The second-order valence-electron chi connectivity index (χ2n) is 4.05. The van der Waals surface area contributed by atoms with Crippen LogP contribution in [0.5, 0.6) is 0 Å². The summed E-state index contributed by atoms with van der Waals surface area (Å²) in [5, 5.41) is 2.34. The summed E-state index contributed by atoms with van der Waals surface area (Å²) in [6.45, 7) is 0.660. The normalized spacial score (nSPS) is 10.4. The topological polar surface area (TPSA) is 29.3 Å². The van der Waals surface area contributed by atoms with Crippen LogP contribution in [-0.2, 0) is 6.42 Å². The average Bonchev–Trinajstić information content (AvgIpc) is 2.38. The Labute approximate surface area is 111 Å². The standard InChI is InChI=1S/C14H14ClFN2/c15-12-3-7-14(8-4-12)18(17)10-9-11-1-5-13(16)6-2-11/h1-8H,9-10,17H2. The van der Waals surface area contributed by atoms with E-state index < -0.39 is 0 Å². The van der Waals surface area contributed by atoms with E-state index in [0.29, 0.717) is 11.6 Å². The molecule has 0 saturated heterocycles. The van der Waals surface area contributed by atoms with Gasteiger partial charge < -0.3 is 5.01 Å². The molecule has 2 nitrogen and oxygen atoms in total. The van der Waals surface area contributed by atoms with Gasteiger partial charge in [0.25, 0.3) is 0 Å². The van der Waals surface area contributed by atoms with E-state index in [4.69, 9.17) is 17.4 Å². The SMILES string of the molecule is NN(CCc1ccc(F)cc1)c1ccc(Cl)cc1. The molecule has 0 amide bonds. The molecular weight excluding hydrogens is 251 g/mol. The Morgan fingerprint density at radius 1 is 1.00 bits per heavy atom. The van der Waals surface area contributed by atoms with Crippen LogP contribution in [0, 0.1) is 5.82 Å². The number of hydrogen-bond acceptors (Lipinski definition) is 2. The predicted octanol–water partition coefficient (Wildman–Crippen LogP) is 3.40. The van der Waals surface area contributed by atoms with Crippen molar-refractivity contribution >= 4 is 17.3 Å². The highest BCUT2D eigenvalue weighted by Gasteiger charge is 2.02. The number of benzene rings is 2. The highest BCUT2D eigenvalue weighted by molar-refractivity contribution is 6.30. The Hall–Kier alpha value is -1.58. The smallest absolute Gasteiger partial charge is 0.123 e. The van der Waals surface area contributed by atoms with Gasteiger partial charge in [0.15, 0.2) is 0 Å². The zero-order chi connectivity index (χ0) is 13.0. The third-order valence-corrected chi connectivity index (χ3v) is 2.96. The van der Waals surface area contributed by atoms with Gasteiger partial charge in [0.05, 0.1) is 5.69 Å². The highest BCUT2D eigenvalue weighted by atomic mass is 35.5. The van der Waals surface area contributed by atoms with Crippen LogP contribution in [0.25, 0.3) is 0 Å². The zero-order valence-corrected chi connectivity index (χ0v) is 10.6. The molecule has 0 atom stereocenters. The molecule has 0 saturated carbocycles. The molecule has 0 aliphatic rings. The van der Waals surface area contributed by atoms with Gasteiger partial charge >= 0.3 is 0 Å². The lowest BCUT2D eigenvalue weighted by molar-refractivity contribution is 0.627. The molecule has 0 aliphatic heterocycles. The van der Waals surface area contributed by atoms with Gasteiger partial charge in [-0.15, -0.1) is 0 Å². The molecule has 0 spiro atoms. The third kappa shape index (κ3) is 3.45. The highest BCUT2D eigenvalue weighted by Crippen LogP contribution is 2.16. The molecule has 0 aliphatic carbocycles. The summed E-state index contributed by atoms with van der Waals surface area (Å²) in [5.74, 6) is 5.72. The van der Waals surface area contributed by atoms with Crippen molar-refractivity contribution in [3.05, 3.63) is 64.9 Å². The number of halogens is 2. The summed E-state index contributed by atoms with van der Waals surface area (Å²) < 4.78 is 12.7. The number of nitrogens with two attached hydrogens (primary N) is 1. The maximum absolute atomic E-state index is 12.7. The Kier molecular flexibility index (Phi) is 4.18. The molecule has 4 heteroatoms. The first-order chi connectivity index (χ1) is 8.65. The molecular formula is C14H14ClFN2. The van der Waals surface area contributed by atoms with Gasteiger partial charge in [0.2, 0.25) is 0 Å². The molecule has 2 aromatic rings. The summed E-state index contributed by atoms with van der Waals surface area (Å²) in [4.78, 5) is 0. The van der Waals surface area contributed by atoms with Gasteiger partial charge in [0, 0.05) is 11.6 Å². The van der Waals surface area contributed by atoms with Crippen molar-refractivity contribution < 1.29 is 4.39 Å². The van der Waals surface area contributed by atoms with Gasteiger partial charge in [-0.2, -0.15) is 0 Å². The zero-order valence-electron chi connectivity index (χ0n) is 9.81. The number of hydrogen-bond donors (Lipinski definition) is 1. The number of anilines is 1. The molecule has 2 aromatic carbocycles. The fourth-order valence-electron chi connectivity index (χ4n) is 1.66. The largest absolute Gasteiger partial charge is 0.311 e. The number of hydrazine groups is 1. The van der Waals surface area contributed by atoms with Crippen LogP contribution < -0.4 is 10.9 Å². The Balaban J connectivity index is 1.93. The summed E-state index contributed by atoms with van der Waals surface area (Å²) in [5.41, 5.74) is 1.96. The minimum absolute atomic E-state index is 0.221. The molecule has 94 valence electrons. The quantitative estimate of drug-likeness (QED) is 0.677. The van der Waals surface area contributed by atoms with Crippen molar-refractivity contribution in [3.8, 4) is 0 Å². The van der Waals surface area contributed by atoms with Gasteiger partial charge in [0.1, 0.15) is 5.82 Å². The first-order valence-corrected chi connectivity index (χ1v) is 6.05. The van der Waals surface area contributed by atoms with Crippen LogP contribution in [0.15, 0.2) is 48.5 Å². The maximum Gasteiger partial charge on any atom is 0.123 e. The van der Waals surface area contributed by atoms with Crippen LogP contribution >= 0.6 is 11.6 Å². The van der Waals surface area contributed by atoms with Crippen molar-refractivity contribution in [1.82, 2.24) is 0 Å². The lowest BCUT2D eigenvalue weighted by Gasteiger charge is -2.18. The van der Waals surface area contributed by atoms with Crippen molar-refractivity contribution in [1.29, 1.82) is 0 Å². The van der Waals surface area contributed by atoms with E-state index in [0.717, 1.165) is 17.7 Å². The number of rotatable bonds is 4. The molecule has 0 radical (unpaired) electrons. The van der Waals surface area contributed by atoms with Crippen LogP contribution in [0.4, 0.5) is 10.1 Å². The minimum atomic E-state index is -0.221. The lowest BCUT2D eigenvalue weighted by Crippen LogP contribution is -2.32. The summed E-state index contributed by atoms with van der Waals surface area (Å²) in [7, 11) is 0. The second-order valence-corrected chi connectivity index (χ2v) is 4.48. The van der Waals surface area contributed by atoms with Crippen LogP contribution in [-0.4, -0.2) is 6.54 Å². The van der Waals surface area contributed by atoms with Gasteiger partial charge in [-0.05, 0) is 48.4 Å². The van der Waals surface area contributed by atoms with Crippen molar-refractivity contribution in [2.75, 3.05) is 11.6 Å². The lowest BCUT2D eigenvalue weighted by atomic mass is 10.1. The first kappa shape index (κ1) is 12.9. The first-order valence-electron chi connectivity index (χ1n) is 5.67. The molecule has 2 rings (SSSR count). The van der Waals surface area contributed by atoms with Crippen LogP contribution in [0.1, 0.15) is 5.56 Å². The van der Waals surface area contributed by atoms with E-state index in [-0.39, 0.29) is 5.82 Å². The van der Waals surface area contributed by atoms with Crippen molar-refractivity contribution in [2.45, 2.75) is 6.42 Å². The summed E-state index contributed by atoms with van der Waals surface area (Å²) in [6, 6.07) is 13.8. The van der Waals surface area contributed by atoms with E-state index in [1.165, 1.54) is 12.1 Å². The van der Waals surface area contributed by atoms with Gasteiger partial charge in [-0.3, -0.25) is 0 Å². The molecule has 0 heterocycles. The van der Waals surface area contributed by atoms with Crippen molar-refractivity contribution in [3.63, 3.8) is 0 Å². The average molecular weight is 265 g/mol. The molecule has 0 fully saturated rings. The van der Waals surface area contributed by atoms with Crippen molar-refractivity contribution in [2.24, 2.45) is 5.84 Å². The van der Waals surface area contributed by atoms with Crippen LogP contribution in [0.2, 0.25) is 5.02 Å². The Morgan fingerprint density at radius 3 is 2.22 bits per heavy atom. The molecule has 18 heavy (non-hydrogen) atoms. The number of nitrogens with zero attached hydrogens (tertiary/aromatic N) is 1. The fourth-order valence-corrected chi connectivity index (χ4v) is 1.79. The molecule has 2 N–H and O–H groups in total. The molecule has 0 aromatic heterocycles. The van der Waals surface area contributed by atoms with E-state index in [2.05, 4.69) is 0 Å².